The van der Waals surface area contributed by atoms with E-state index in [1.807, 2.05) is 0 Å². The van der Waals surface area contributed by atoms with Gasteiger partial charge in [-0.05, 0) is 62.6 Å². The zero-order valence-corrected chi connectivity index (χ0v) is 13.2. The van der Waals surface area contributed by atoms with Crippen molar-refractivity contribution in [2.75, 3.05) is 6.54 Å². The molecule has 0 amide bonds. The second-order valence-corrected chi connectivity index (χ2v) is 7.64. The molecule has 2 aromatic rings. The van der Waals surface area contributed by atoms with Crippen LogP contribution < -0.4 is 5.73 Å². The molecule has 3 nitrogen and oxygen atoms in total. The van der Waals surface area contributed by atoms with E-state index in [9.17, 15) is 0 Å². The third-order valence-corrected chi connectivity index (χ3v) is 6.29. The van der Waals surface area contributed by atoms with Gasteiger partial charge in [-0.15, -0.1) is 0 Å². The van der Waals surface area contributed by atoms with E-state index in [1.54, 1.807) is 0 Å². The highest BCUT2D eigenvalue weighted by Gasteiger charge is 2.49. The van der Waals surface area contributed by atoms with E-state index in [4.69, 9.17) is 10.7 Å². The number of halogens is 1. The van der Waals surface area contributed by atoms with E-state index in [2.05, 4.69) is 44.9 Å². The number of nitrogens with two attached hydrogens (primary N) is 1. The van der Waals surface area contributed by atoms with Crippen molar-refractivity contribution in [2.24, 2.45) is 11.1 Å². The number of fused-ring (bicyclic) bond motifs is 4. The maximum absolute atomic E-state index is 6.01. The Bertz CT molecular complexity index is 636. The molecule has 0 atom stereocenters. The monoisotopic (exact) mass is 333 g/mol. The predicted molar refractivity (Wildman–Crippen MR) is 83.8 cm³/mol. The van der Waals surface area contributed by atoms with Crippen LogP contribution in [-0.2, 0) is 5.41 Å². The van der Waals surface area contributed by atoms with Gasteiger partial charge in [0.1, 0.15) is 5.65 Å². The summed E-state index contributed by atoms with van der Waals surface area (Å²) in [7, 11) is 0. The van der Waals surface area contributed by atoms with Gasteiger partial charge in [-0.3, -0.25) is 0 Å². The smallest absolute Gasteiger partial charge is 0.138 e. The van der Waals surface area contributed by atoms with Gasteiger partial charge in [-0.1, -0.05) is 15.9 Å². The van der Waals surface area contributed by atoms with Crippen LogP contribution in [0.4, 0.5) is 0 Å². The van der Waals surface area contributed by atoms with Crippen molar-refractivity contribution in [1.29, 1.82) is 0 Å². The molecule has 2 bridgehead atoms. The standard InChI is InChI=1S/C16H20BrN3/c17-12-1-8-20-10-13(19-14(20)9-12)16-5-2-15(11-18,3-6-16)4-7-16/h1,8-10H,2-7,11,18H2. The number of nitrogens with zero attached hydrogens (tertiary/aromatic N) is 2. The Labute approximate surface area is 127 Å². The number of imidazole rings is 1. The molecule has 2 aromatic heterocycles. The third-order valence-electron chi connectivity index (χ3n) is 5.80. The molecule has 0 aromatic carbocycles. The Kier molecular flexibility index (Phi) is 2.77. The fourth-order valence-corrected chi connectivity index (χ4v) is 4.49. The maximum Gasteiger partial charge on any atom is 0.138 e. The highest BCUT2D eigenvalue weighted by Crippen LogP contribution is 2.57. The average molecular weight is 334 g/mol. The van der Waals surface area contributed by atoms with Crippen LogP contribution >= 0.6 is 15.9 Å². The third kappa shape index (κ3) is 1.77. The molecule has 106 valence electrons. The minimum absolute atomic E-state index is 0.315. The van der Waals surface area contributed by atoms with E-state index in [0.717, 1.165) is 16.7 Å². The molecule has 0 spiro atoms. The van der Waals surface area contributed by atoms with E-state index in [1.165, 1.54) is 44.2 Å². The lowest BCUT2D eigenvalue weighted by molar-refractivity contribution is 0.0452. The first-order valence-corrected chi connectivity index (χ1v) is 8.29. The lowest BCUT2D eigenvalue weighted by Gasteiger charge is -2.52. The highest BCUT2D eigenvalue weighted by atomic mass is 79.9. The van der Waals surface area contributed by atoms with Gasteiger partial charge in [0.05, 0.1) is 5.69 Å². The van der Waals surface area contributed by atoms with Crippen molar-refractivity contribution in [3.8, 4) is 0 Å². The normalized spacial score (nSPS) is 32.9. The van der Waals surface area contributed by atoms with Gasteiger partial charge in [0.2, 0.25) is 0 Å². The zero-order chi connectivity index (χ0) is 13.8. The Morgan fingerprint density at radius 3 is 2.55 bits per heavy atom. The fraction of sp³-hybridized carbons (Fsp3) is 0.562. The largest absolute Gasteiger partial charge is 0.330 e. The number of hydrogen-bond donors (Lipinski definition) is 1. The lowest BCUT2D eigenvalue weighted by atomic mass is 9.53. The summed E-state index contributed by atoms with van der Waals surface area (Å²) in [4.78, 5) is 4.92. The molecular weight excluding hydrogens is 314 g/mol. The highest BCUT2D eigenvalue weighted by molar-refractivity contribution is 9.10. The molecule has 3 fully saturated rings. The molecule has 2 N–H and O–H groups in total. The molecule has 3 aliphatic rings. The zero-order valence-electron chi connectivity index (χ0n) is 11.6. The Morgan fingerprint density at radius 1 is 1.20 bits per heavy atom. The maximum atomic E-state index is 6.01. The fourth-order valence-electron chi connectivity index (χ4n) is 4.17. The predicted octanol–water partition coefficient (Wildman–Crippen LogP) is 3.65. The van der Waals surface area contributed by atoms with Gasteiger partial charge in [0, 0.05) is 22.3 Å². The summed E-state index contributed by atoms with van der Waals surface area (Å²) in [5, 5.41) is 0. The van der Waals surface area contributed by atoms with Crippen LogP contribution in [0.5, 0.6) is 0 Å². The number of aromatic nitrogens is 2. The minimum Gasteiger partial charge on any atom is -0.330 e. The van der Waals surface area contributed by atoms with Gasteiger partial charge in [0.25, 0.3) is 0 Å². The molecule has 3 aliphatic carbocycles. The second-order valence-electron chi connectivity index (χ2n) is 6.72. The van der Waals surface area contributed by atoms with Crippen molar-refractivity contribution in [1.82, 2.24) is 9.38 Å². The first-order chi connectivity index (χ1) is 9.65. The van der Waals surface area contributed by atoms with Crippen LogP contribution in [0, 0.1) is 5.41 Å². The Hall–Kier alpha value is -0.870. The summed E-state index contributed by atoms with van der Waals surface area (Å²) in [6, 6.07) is 4.16. The molecular formula is C16H20BrN3. The average Bonchev–Trinajstić information content (AvgIpc) is 2.93. The SMILES string of the molecule is NCC12CCC(c3cn4ccc(Br)cc4n3)(CC1)CC2. The molecule has 0 radical (unpaired) electrons. The Morgan fingerprint density at radius 2 is 1.90 bits per heavy atom. The second kappa shape index (κ2) is 4.31. The number of rotatable bonds is 2. The van der Waals surface area contributed by atoms with E-state index in [-0.39, 0.29) is 0 Å². The number of hydrogen-bond acceptors (Lipinski definition) is 2. The van der Waals surface area contributed by atoms with Gasteiger partial charge in [0.15, 0.2) is 0 Å². The molecule has 20 heavy (non-hydrogen) atoms. The van der Waals surface area contributed by atoms with Crippen LogP contribution in [-0.4, -0.2) is 15.9 Å². The molecule has 5 rings (SSSR count). The summed E-state index contributed by atoms with van der Waals surface area (Å²) < 4.78 is 3.24. The number of pyridine rings is 1. The lowest BCUT2D eigenvalue weighted by Crippen LogP contribution is -2.47. The van der Waals surface area contributed by atoms with Gasteiger partial charge in [-0.25, -0.2) is 4.98 Å². The summed E-state index contributed by atoms with van der Waals surface area (Å²) in [5.74, 6) is 0. The van der Waals surface area contributed by atoms with Gasteiger partial charge >= 0.3 is 0 Å². The van der Waals surface area contributed by atoms with Gasteiger partial charge in [-0.2, -0.15) is 0 Å². The van der Waals surface area contributed by atoms with Crippen molar-refractivity contribution < 1.29 is 0 Å². The summed E-state index contributed by atoms with van der Waals surface area (Å²) >= 11 is 3.53. The molecule has 4 heteroatoms. The van der Waals surface area contributed by atoms with Crippen molar-refractivity contribution in [3.63, 3.8) is 0 Å². The molecule has 0 unspecified atom stereocenters. The quantitative estimate of drug-likeness (QED) is 0.911. The first-order valence-electron chi connectivity index (χ1n) is 7.50. The van der Waals surface area contributed by atoms with Gasteiger partial charge < -0.3 is 10.1 Å². The molecule has 3 saturated carbocycles. The summed E-state index contributed by atoms with van der Waals surface area (Å²) in [6.07, 6.45) is 11.9. The molecule has 2 heterocycles. The first kappa shape index (κ1) is 12.8. The van der Waals surface area contributed by atoms with Crippen molar-refractivity contribution in [2.45, 2.75) is 43.9 Å². The topological polar surface area (TPSA) is 43.3 Å². The summed E-state index contributed by atoms with van der Waals surface area (Å²) in [6.45, 7) is 0.862. The van der Waals surface area contributed by atoms with Crippen LogP contribution in [0.1, 0.15) is 44.2 Å². The van der Waals surface area contributed by atoms with E-state index in [0.29, 0.717) is 10.8 Å². The van der Waals surface area contributed by atoms with Crippen molar-refractivity contribution >= 4 is 21.6 Å². The van der Waals surface area contributed by atoms with Crippen LogP contribution in [0.25, 0.3) is 5.65 Å². The van der Waals surface area contributed by atoms with E-state index >= 15 is 0 Å². The van der Waals surface area contributed by atoms with E-state index < -0.39 is 0 Å². The molecule has 0 aliphatic heterocycles. The van der Waals surface area contributed by atoms with Crippen LogP contribution in [0.2, 0.25) is 0 Å². The Balaban J connectivity index is 1.73. The van der Waals surface area contributed by atoms with Crippen LogP contribution in [0.3, 0.4) is 0 Å². The minimum atomic E-state index is 0.315. The van der Waals surface area contributed by atoms with Crippen molar-refractivity contribution in [3.05, 3.63) is 34.7 Å². The molecule has 0 saturated heterocycles. The summed E-state index contributed by atoms with van der Waals surface area (Å²) in [5.41, 5.74) is 9.11. The van der Waals surface area contributed by atoms with Crippen LogP contribution in [0.15, 0.2) is 29.0 Å².